The molecule has 1 aromatic rings. The molecule has 2 rings (SSSR count). The summed E-state index contributed by atoms with van der Waals surface area (Å²) in [5, 5.41) is 4.26. The topological polar surface area (TPSA) is 38.3 Å². The molecular weight excluding hydrogens is 298 g/mol. The summed E-state index contributed by atoms with van der Waals surface area (Å²) in [6.07, 6.45) is 0.385. The first-order valence-corrected chi connectivity index (χ1v) is 9.34. The molecule has 106 valence electrons. The predicted octanol–water partition coefficient (Wildman–Crippen LogP) is 2.40. The molecule has 6 heteroatoms. The monoisotopic (exact) mass is 317 g/mol. The van der Waals surface area contributed by atoms with Gasteiger partial charge in [0.1, 0.15) is 0 Å². The molecule has 0 saturated carbocycles. The molecule has 1 N–H and O–H groups in total. The summed E-state index contributed by atoms with van der Waals surface area (Å²) < 4.78 is 4.67. The van der Waals surface area contributed by atoms with Crippen LogP contribution in [0.2, 0.25) is 0 Å². The minimum Gasteiger partial charge on any atom is -0.469 e. The average molecular weight is 318 g/mol. The van der Waals surface area contributed by atoms with Crippen LogP contribution >= 0.6 is 34.9 Å². The van der Waals surface area contributed by atoms with Gasteiger partial charge >= 0.3 is 5.97 Å². The van der Waals surface area contributed by atoms with Crippen LogP contribution in [0, 0.1) is 0 Å². The van der Waals surface area contributed by atoms with Crippen LogP contribution in [0.4, 0.5) is 0 Å². The molecular formula is C13H19NO2S3. The SMILES string of the molecule is COC(=O)Cc1ccc(CNCC2CSCCS2)s1. The van der Waals surface area contributed by atoms with Gasteiger partial charge in [-0.2, -0.15) is 23.5 Å². The first-order valence-electron chi connectivity index (χ1n) is 6.32. The van der Waals surface area contributed by atoms with E-state index in [4.69, 9.17) is 0 Å². The second kappa shape index (κ2) is 8.19. The molecule has 0 radical (unpaired) electrons. The van der Waals surface area contributed by atoms with E-state index >= 15 is 0 Å². The van der Waals surface area contributed by atoms with E-state index in [1.807, 2.05) is 6.07 Å². The van der Waals surface area contributed by atoms with Crippen LogP contribution in [-0.4, -0.2) is 42.1 Å². The smallest absolute Gasteiger partial charge is 0.310 e. The third kappa shape index (κ3) is 5.38. The van der Waals surface area contributed by atoms with Crippen LogP contribution in [-0.2, 0) is 22.5 Å². The van der Waals surface area contributed by atoms with Gasteiger partial charge in [0.25, 0.3) is 0 Å². The zero-order chi connectivity index (χ0) is 13.5. The van der Waals surface area contributed by atoms with Gasteiger partial charge in [-0.05, 0) is 12.1 Å². The zero-order valence-corrected chi connectivity index (χ0v) is 13.5. The van der Waals surface area contributed by atoms with Crippen molar-refractivity contribution in [3.63, 3.8) is 0 Å². The van der Waals surface area contributed by atoms with Crippen molar-refractivity contribution >= 4 is 40.8 Å². The summed E-state index contributed by atoms with van der Waals surface area (Å²) in [4.78, 5) is 13.5. The maximum Gasteiger partial charge on any atom is 0.310 e. The number of carbonyl (C=O) groups is 1. The lowest BCUT2D eigenvalue weighted by atomic mass is 10.3. The third-order valence-corrected chi connectivity index (χ3v) is 6.75. The minimum atomic E-state index is -0.169. The van der Waals surface area contributed by atoms with E-state index in [9.17, 15) is 4.79 Å². The highest BCUT2D eigenvalue weighted by Crippen LogP contribution is 2.23. The quantitative estimate of drug-likeness (QED) is 0.816. The Morgan fingerprint density at radius 3 is 3.00 bits per heavy atom. The standard InChI is InChI=1S/C13H19NO2S3/c1-16-13(15)6-10-2-3-11(19-10)7-14-8-12-9-17-4-5-18-12/h2-3,12,14H,4-9H2,1H3. The number of thiophene rings is 1. The Bertz CT molecular complexity index is 402. The van der Waals surface area contributed by atoms with E-state index in [-0.39, 0.29) is 5.97 Å². The van der Waals surface area contributed by atoms with E-state index in [0.29, 0.717) is 6.42 Å². The average Bonchev–Trinajstić information content (AvgIpc) is 2.87. The van der Waals surface area contributed by atoms with Gasteiger partial charge in [-0.15, -0.1) is 11.3 Å². The van der Waals surface area contributed by atoms with Crippen LogP contribution in [0.25, 0.3) is 0 Å². The highest BCUT2D eigenvalue weighted by molar-refractivity contribution is 8.06. The van der Waals surface area contributed by atoms with Crippen molar-refractivity contribution in [3.8, 4) is 0 Å². The summed E-state index contributed by atoms with van der Waals surface area (Å²) in [5.41, 5.74) is 0. The number of ether oxygens (including phenoxy) is 1. The number of methoxy groups -OCH3 is 1. The Morgan fingerprint density at radius 2 is 2.26 bits per heavy atom. The lowest BCUT2D eigenvalue weighted by Crippen LogP contribution is -2.28. The zero-order valence-electron chi connectivity index (χ0n) is 11.0. The molecule has 0 bridgehead atoms. The van der Waals surface area contributed by atoms with Crippen molar-refractivity contribution < 1.29 is 9.53 Å². The van der Waals surface area contributed by atoms with Gasteiger partial charge in [0.15, 0.2) is 0 Å². The molecule has 0 spiro atoms. The summed E-state index contributed by atoms with van der Waals surface area (Å²) in [7, 11) is 1.43. The van der Waals surface area contributed by atoms with Gasteiger partial charge in [0, 0.05) is 45.4 Å². The normalized spacial score (nSPS) is 19.3. The van der Waals surface area contributed by atoms with Crippen molar-refractivity contribution in [2.75, 3.05) is 30.9 Å². The molecule has 1 aliphatic heterocycles. The fraction of sp³-hybridized carbons (Fsp3) is 0.615. The molecule has 1 aliphatic rings. The fourth-order valence-electron chi connectivity index (χ4n) is 1.84. The highest BCUT2D eigenvalue weighted by Gasteiger charge is 2.13. The molecule has 3 nitrogen and oxygen atoms in total. The first-order chi connectivity index (χ1) is 9.28. The number of nitrogens with one attached hydrogen (secondary N) is 1. The Balaban J connectivity index is 1.69. The first kappa shape index (κ1) is 15.2. The van der Waals surface area contributed by atoms with Crippen molar-refractivity contribution in [2.24, 2.45) is 0 Å². The Kier molecular flexibility index (Phi) is 6.56. The third-order valence-electron chi connectivity index (χ3n) is 2.82. The maximum atomic E-state index is 11.2. The molecule has 19 heavy (non-hydrogen) atoms. The highest BCUT2D eigenvalue weighted by atomic mass is 32.2. The van der Waals surface area contributed by atoms with E-state index in [2.05, 4.69) is 39.6 Å². The van der Waals surface area contributed by atoms with Gasteiger partial charge in [0.05, 0.1) is 13.5 Å². The minimum absolute atomic E-state index is 0.169. The van der Waals surface area contributed by atoms with Crippen LogP contribution in [0.15, 0.2) is 12.1 Å². The predicted molar refractivity (Wildman–Crippen MR) is 85.3 cm³/mol. The fourth-order valence-corrected chi connectivity index (χ4v) is 5.46. The molecule has 1 unspecified atom stereocenters. The van der Waals surface area contributed by atoms with Crippen LogP contribution in [0.5, 0.6) is 0 Å². The summed E-state index contributed by atoms with van der Waals surface area (Å²) >= 11 is 5.81. The van der Waals surface area contributed by atoms with Gasteiger partial charge in [0.2, 0.25) is 0 Å². The van der Waals surface area contributed by atoms with E-state index < -0.39 is 0 Å². The van der Waals surface area contributed by atoms with Gasteiger partial charge in [-0.1, -0.05) is 0 Å². The second-order valence-corrected chi connectivity index (χ2v) is 8.13. The van der Waals surface area contributed by atoms with E-state index in [1.165, 1.54) is 29.2 Å². The maximum absolute atomic E-state index is 11.2. The van der Waals surface area contributed by atoms with Crippen molar-refractivity contribution in [1.82, 2.24) is 5.32 Å². The van der Waals surface area contributed by atoms with E-state index in [0.717, 1.165) is 23.2 Å². The van der Waals surface area contributed by atoms with Crippen molar-refractivity contribution in [1.29, 1.82) is 0 Å². The molecule has 0 amide bonds. The lowest BCUT2D eigenvalue weighted by molar-refractivity contribution is -0.139. The van der Waals surface area contributed by atoms with Crippen LogP contribution in [0.3, 0.4) is 0 Å². The van der Waals surface area contributed by atoms with Gasteiger partial charge in [-0.25, -0.2) is 0 Å². The number of esters is 1. The van der Waals surface area contributed by atoms with Gasteiger partial charge in [-0.3, -0.25) is 4.79 Å². The Labute approximate surface area is 126 Å². The molecule has 0 aromatic carbocycles. The van der Waals surface area contributed by atoms with E-state index in [1.54, 1.807) is 11.3 Å². The molecule has 0 aliphatic carbocycles. The number of hydrogen-bond donors (Lipinski definition) is 1. The lowest BCUT2D eigenvalue weighted by Gasteiger charge is -2.20. The largest absolute Gasteiger partial charge is 0.469 e. The van der Waals surface area contributed by atoms with Crippen molar-refractivity contribution in [2.45, 2.75) is 18.2 Å². The molecule has 1 atom stereocenters. The van der Waals surface area contributed by atoms with Crippen LogP contribution in [0.1, 0.15) is 9.75 Å². The number of carbonyl (C=O) groups excluding carboxylic acids is 1. The molecule has 1 aromatic heterocycles. The van der Waals surface area contributed by atoms with Crippen LogP contribution < -0.4 is 5.32 Å². The summed E-state index contributed by atoms with van der Waals surface area (Å²) in [6, 6.07) is 4.11. The van der Waals surface area contributed by atoms with Crippen molar-refractivity contribution in [3.05, 3.63) is 21.9 Å². The molecule has 1 saturated heterocycles. The second-order valence-electron chi connectivity index (χ2n) is 4.32. The Hall–Kier alpha value is -0.170. The number of rotatable bonds is 6. The molecule has 1 fully saturated rings. The summed E-state index contributed by atoms with van der Waals surface area (Å²) in [5.74, 6) is 3.66. The summed E-state index contributed by atoms with van der Waals surface area (Å²) in [6.45, 7) is 1.97. The molecule has 2 heterocycles. The number of thioether (sulfide) groups is 2. The van der Waals surface area contributed by atoms with Gasteiger partial charge < -0.3 is 10.1 Å². The number of hydrogen-bond acceptors (Lipinski definition) is 6. The Morgan fingerprint density at radius 1 is 1.42 bits per heavy atom.